The highest BCUT2D eigenvalue weighted by molar-refractivity contribution is 9.10. The molecule has 3 fully saturated rings. The third kappa shape index (κ3) is 6.28. The molecule has 1 aromatic carbocycles. The molecule has 210 valence electrons. The first-order valence-corrected chi connectivity index (χ1v) is 14.0. The number of epoxide rings is 2. The van der Waals surface area contributed by atoms with E-state index < -0.39 is 5.97 Å². The number of benzene rings is 1. The predicted octanol–water partition coefficient (Wildman–Crippen LogP) is 4.69. The van der Waals surface area contributed by atoms with Crippen molar-refractivity contribution in [2.45, 2.75) is 69.5 Å². The number of carbonyl (C=O) groups excluding carboxylic acids is 1. The Hall–Kier alpha value is -1.91. The summed E-state index contributed by atoms with van der Waals surface area (Å²) in [4.78, 5) is 12.9. The van der Waals surface area contributed by atoms with E-state index in [1.807, 2.05) is 19.2 Å². The maximum atomic E-state index is 12.9. The third-order valence-corrected chi connectivity index (χ3v) is 8.36. The summed E-state index contributed by atoms with van der Waals surface area (Å²) in [6.45, 7) is 8.23. The van der Waals surface area contributed by atoms with E-state index in [1.165, 1.54) is 11.6 Å². The van der Waals surface area contributed by atoms with E-state index in [9.17, 15) is 4.79 Å². The highest BCUT2D eigenvalue weighted by atomic mass is 79.9. The fourth-order valence-corrected chi connectivity index (χ4v) is 6.23. The number of likely N-dealkylation sites (N-methyl/N-ethyl adjacent to an activating group) is 1. The van der Waals surface area contributed by atoms with Gasteiger partial charge >= 0.3 is 5.97 Å². The number of allylic oxidation sites excluding steroid dienone is 1. The summed E-state index contributed by atoms with van der Waals surface area (Å²) in [5, 5.41) is 3.04. The lowest BCUT2D eigenvalue weighted by molar-refractivity contribution is -0.166. The number of hydrogen-bond donors (Lipinski definition) is 1. The fraction of sp³-hybridized carbons (Fsp3) is 0.621. The zero-order chi connectivity index (χ0) is 27.5. The second-order valence-electron chi connectivity index (χ2n) is 10.7. The van der Waals surface area contributed by atoms with E-state index in [0.29, 0.717) is 37.7 Å². The lowest BCUT2D eigenvalue weighted by Crippen LogP contribution is -2.55. The lowest BCUT2D eigenvalue weighted by Gasteiger charge is -2.42. The quantitative estimate of drug-likeness (QED) is 0.123. The van der Waals surface area contributed by atoms with Crippen LogP contribution in [0.3, 0.4) is 0 Å². The summed E-state index contributed by atoms with van der Waals surface area (Å²) < 4.78 is 36.2. The second-order valence-corrected chi connectivity index (χ2v) is 11.5. The molecule has 1 spiro atoms. The van der Waals surface area contributed by atoms with Crippen molar-refractivity contribution in [3.8, 4) is 11.5 Å². The average molecular weight is 595 g/mol. The smallest absolute Gasteiger partial charge is 0.331 e. The number of halogens is 1. The molecule has 1 saturated carbocycles. The Balaban J connectivity index is 1.43. The van der Waals surface area contributed by atoms with Gasteiger partial charge in [0, 0.05) is 19.7 Å². The topological polar surface area (TPSA) is 91.1 Å². The normalized spacial score (nSPS) is 31.8. The van der Waals surface area contributed by atoms with Gasteiger partial charge in [0.05, 0.1) is 30.2 Å². The number of rotatable bonds is 12. The Kier molecular flexibility index (Phi) is 9.25. The van der Waals surface area contributed by atoms with E-state index in [0.717, 1.165) is 22.9 Å². The summed E-state index contributed by atoms with van der Waals surface area (Å²) in [6.07, 6.45) is 7.12. The first-order chi connectivity index (χ1) is 18.2. The molecule has 0 bridgehead atoms. The summed E-state index contributed by atoms with van der Waals surface area (Å²) in [6, 6.07) is 3.70. The highest BCUT2D eigenvalue weighted by Gasteiger charge is 2.72. The van der Waals surface area contributed by atoms with Crippen LogP contribution in [0.1, 0.15) is 45.6 Å². The van der Waals surface area contributed by atoms with Crippen LogP contribution >= 0.6 is 15.9 Å². The molecule has 2 saturated heterocycles. The number of ether oxygens (including phenoxy) is 6. The number of esters is 1. The van der Waals surface area contributed by atoms with Crippen molar-refractivity contribution in [3.63, 3.8) is 0 Å². The van der Waals surface area contributed by atoms with Crippen molar-refractivity contribution in [1.29, 1.82) is 0 Å². The van der Waals surface area contributed by atoms with Crippen LogP contribution in [0.15, 0.2) is 34.3 Å². The van der Waals surface area contributed by atoms with Gasteiger partial charge in [0.25, 0.3) is 0 Å². The zero-order valence-corrected chi connectivity index (χ0v) is 24.8. The highest BCUT2D eigenvalue weighted by Crippen LogP contribution is 2.59. The van der Waals surface area contributed by atoms with Gasteiger partial charge in [-0.2, -0.15) is 0 Å². The van der Waals surface area contributed by atoms with E-state index in [1.54, 1.807) is 20.3 Å². The van der Waals surface area contributed by atoms with E-state index in [-0.39, 0.29) is 35.4 Å². The first-order valence-electron chi connectivity index (χ1n) is 13.2. The predicted molar refractivity (Wildman–Crippen MR) is 149 cm³/mol. The molecule has 2 heterocycles. The van der Waals surface area contributed by atoms with Crippen LogP contribution in [0, 0.1) is 5.92 Å². The molecular formula is C29H40BrNO7. The van der Waals surface area contributed by atoms with Crippen LogP contribution < -0.4 is 14.8 Å². The van der Waals surface area contributed by atoms with Crippen molar-refractivity contribution in [3.05, 3.63) is 39.9 Å². The van der Waals surface area contributed by atoms with Crippen LogP contribution in [-0.2, 0) is 23.7 Å². The Labute approximate surface area is 234 Å². The number of hydrogen-bond acceptors (Lipinski definition) is 8. The molecule has 0 unspecified atom stereocenters. The van der Waals surface area contributed by atoms with Crippen molar-refractivity contribution >= 4 is 28.0 Å². The molecule has 1 aromatic rings. The summed E-state index contributed by atoms with van der Waals surface area (Å²) in [7, 11) is 5.13. The molecule has 4 rings (SSSR count). The van der Waals surface area contributed by atoms with Gasteiger partial charge < -0.3 is 33.7 Å². The van der Waals surface area contributed by atoms with Crippen molar-refractivity contribution in [1.82, 2.24) is 5.32 Å². The van der Waals surface area contributed by atoms with Crippen molar-refractivity contribution < 1.29 is 33.2 Å². The van der Waals surface area contributed by atoms with Crippen LogP contribution in [0.4, 0.5) is 0 Å². The van der Waals surface area contributed by atoms with E-state index in [2.05, 4.69) is 48.1 Å². The third-order valence-electron chi connectivity index (χ3n) is 7.77. The van der Waals surface area contributed by atoms with Gasteiger partial charge in [0.2, 0.25) is 0 Å². The van der Waals surface area contributed by atoms with Gasteiger partial charge in [-0.3, -0.25) is 0 Å². The molecule has 1 N–H and O–H groups in total. The molecule has 8 nitrogen and oxygen atoms in total. The minimum absolute atomic E-state index is 0.0123. The van der Waals surface area contributed by atoms with Gasteiger partial charge in [-0.1, -0.05) is 11.6 Å². The van der Waals surface area contributed by atoms with Gasteiger partial charge in [0.1, 0.15) is 30.0 Å². The second kappa shape index (κ2) is 12.1. The molecule has 0 amide bonds. The van der Waals surface area contributed by atoms with Gasteiger partial charge in [-0.05, 0) is 86.8 Å². The van der Waals surface area contributed by atoms with Gasteiger partial charge in [-0.25, -0.2) is 4.79 Å². The monoisotopic (exact) mass is 593 g/mol. The number of methoxy groups -OCH3 is 2. The summed E-state index contributed by atoms with van der Waals surface area (Å²) >= 11 is 3.55. The molecular weight excluding hydrogens is 554 g/mol. The lowest BCUT2D eigenvalue weighted by atomic mass is 9.68. The Bertz CT molecular complexity index is 1070. The largest absolute Gasteiger partial charge is 0.493 e. The maximum Gasteiger partial charge on any atom is 0.331 e. The molecule has 1 aliphatic carbocycles. The fourth-order valence-electron chi connectivity index (χ4n) is 5.65. The van der Waals surface area contributed by atoms with Crippen molar-refractivity contribution in [2.75, 3.05) is 41.0 Å². The van der Waals surface area contributed by atoms with Crippen LogP contribution in [0.5, 0.6) is 11.5 Å². The van der Waals surface area contributed by atoms with Gasteiger partial charge in [-0.15, -0.1) is 0 Å². The zero-order valence-electron chi connectivity index (χ0n) is 23.2. The molecule has 38 heavy (non-hydrogen) atoms. The van der Waals surface area contributed by atoms with Gasteiger partial charge in [0.15, 0.2) is 11.5 Å². The van der Waals surface area contributed by atoms with Crippen LogP contribution in [-0.4, -0.2) is 76.5 Å². The maximum absolute atomic E-state index is 12.9. The Morgan fingerprint density at radius 2 is 2.05 bits per heavy atom. The standard InChI is InChI=1S/C29H40BrNO7/c1-18(2)7-9-23-28(3,38-23)27-26(34-6)21(11-12-29(27)17-36-29)37-24(32)10-8-19-15-20(30)25(22(16-19)33-5)35-14-13-31-4/h7-8,10,15-16,21,23,26-27,31H,9,11-14,17H2,1-6H3/b10-8+/t21-,23-,26-,27-,28+,29+/m1/s1. The summed E-state index contributed by atoms with van der Waals surface area (Å²) in [5.41, 5.74) is 1.42. The number of carbonyl (C=O) groups is 1. The van der Waals surface area contributed by atoms with E-state index >= 15 is 0 Å². The molecule has 0 aromatic heterocycles. The van der Waals surface area contributed by atoms with Crippen LogP contribution in [0.25, 0.3) is 6.08 Å². The molecule has 9 heteroatoms. The molecule has 3 aliphatic rings. The van der Waals surface area contributed by atoms with E-state index in [4.69, 9.17) is 28.4 Å². The van der Waals surface area contributed by atoms with Crippen molar-refractivity contribution in [2.24, 2.45) is 5.92 Å². The Morgan fingerprint density at radius 3 is 2.68 bits per heavy atom. The summed E-state index contributed by atoms with van der Waals surface area (Å²) in [5.74, 6) is 0.763. The minimum Gasteiger partial charge on any atom is -0.493 e. The minimum atomic E-state index is -0.420. The van der Waals surface area contributed by atoms with Crippen LogP contribution in [0.2, 0.25) is 0 Å². The SMILES string of the molecule is CNCCOc1c(Br)cc(/C=C/C(=O)O[C@@H]2CC[C@]3(CO3)[C@@H]([C@@]3(C)O[C@@H]3CC=C(C)C)[C@@H]2OC)cc1OC. The molecule has 2 aliphatic heterocycles. The Morgan fingerprint density at radius 1 is 1.29 bits per heavy atom. The molecule has 6 atom stereocenters. The first kappa shape index (κ1) is 29.1. The average Bonchev–Trinajstić information content (AvgIpc) is 3.80. The number of nitrogens with one attached hydrogen (secondary N) is 1. The molecule has 0 radical (unpaired) electrons.